The van der Waals surface area contributed by atoms with Crippen LogP contribution in [0.3, 0.4) is 0 Å². The summed E-state index contributed by atoms with van der Waals surface area (Å²) in [7, 11) is 0. The second-order valence-electron chi connectivity index (χ2n) is 4.22. The Morgan fingerprint density at radius 1 is 1.35 bits per heavy atom. The Morgan fingerprint density at radius 2 is 2.10 bits per heavy atom. The fourth-order valence-electron chi connectivity index (χ4n) is 1.51. The van der Waals surface area contributed by atoms with Crippen LogP contribution in [0.25, 0.3) is 0 Å². The van der Waals surface area contributed by atoms with E-state index in [0.717, 1.165) is 25.0 Å². The van der Waals surface area contributed by atoms with E-state index < -0.39 is 17.7 Å². The first-order valence-corrected chi connectivity index (χ1v) is 6.45. The Kier molecular flexibility index (Phi) is 6.66. The number of carbonyl (C=O) groups is 2. The number of halogens is 1. The van der Waals surface area contributed by atoms with Crippen LogP contribution in [-0.2, 0) is 4.74 Å². The fraction of sp³-hybridized carbons (Fsp3) is 0.429. The Bertz CT molecular complexity index is 476. The third-order valence-electron chi connectivity index (χ3n) is 2.63. The Hall–Kier alpha value is -1.95. The van der Waals surface area contributed by atoms with E-state index in [9.17, 15) is 14.0 Å². The summed E-state index contributed by atoms with van der Waals surface area (Å²) < 4.78 is 18.8. The molecule has 0 unspecified atom stereocenters. The maximum absolute atomic E-state index is 13.6. The molecule has 0 saturated carbocycles. The molecule has 0 aliphatic rings. The number of aromatic carboxylic acids is 1. The zero-order chi connectivity index (χ0) is 15.0. The van der Waals surface area contributed by atoms with Crippen molar-refractivity contribution in [2.45, 2.75) is 19.8 Å². The summed E-state index contributed by atoms with van der Waals surface area (Å²) in [5.41, 5.74) is -0.370. The first-order chi connectivity index (χ1) is 9.56. The number of carbonyl (C=O) groups excluding carboxylic acids is 1. The minimum absolute atomic E-state index is 0.177. The van der Waals surface area contributed by atoms with Crippen molar-refractivity contribution in [3.63, 3.8) is 0 Å². The number of hydrogen-bond acceptors (Lipinski definition) is 3. The highest BCUT2D eigenvalue weighted by atomic mass is 19.1. The van der Waals surface area contributed by atoms with E-state index in [1.807, 2.05) is 0 Å². The molecule has 6 heteroatoms. The van der Waals surface area contributed by atoms with E-state index in [-0.39, 0.29) is 17.7 Å². The van der Waals surface area contributed by atoms with Crippen molar-refractivity contribution in [2.75, 3.05) is 19.8 Å². The molecule has 0 aliphatic heterocycles. The van der Waals surface area contributed by atoms with Gasteiger partial charge in [-0.15, -0.1) is 0 Å². The van der Waals surface area contributed by atoms with Gasteiger partial charge in [-0.25, -0.2) is 9.18 Å². The zero-order valence-electron chi connectivity index (χ0n) is 11.3. The van der Waals surface area contributed by atoms with E-state index in [0.29, 0.717) is 13.2 Å². The monoisotopic (exact) mass is 283 g/mol. The minimum atomic E-state index is -1.24. The number of carboxylic acid groups (broad SMARTS) is 1. The Labute approximate surface area is 116 Å². The molecular formula is C14H18FNO4. The number of unbranched alkanes of at least 4 members (excludes halogenated alkanes) is 1. The number of nitrogens with one attached hydrogen (secondary N) is 1. The van der Waals surface area contributed by atoms with Gasteiger partial charge < -0.3 is 15.2 Å². The van der Waals surface area contributed by atoms with Crippen molar-refractivity contribution in [1.82, 2.24) is 5.32 Å². The van der Waals surface area contributed by atoms with Crippen LogP contribution in [0, 0.1) is 5.82 Å². The maximum Gasteiger partial charge on any atom is 0.335 e. The van der Waals surface area contributed by atoms with Crippen molar-refractivity contribution in [2.24, 2.45) is 0 Å². The van der Waals surface area contributed by atoms with Crippen LogP contribution in [-0.4, -0.2) is 36.7 Å². The topological polar surface area (TPSA) is 75.6 Å². The van der Waals surface area contributed by atoms with Gasteiger partial charge in [0.2, 0.25) is 0 Å². The average molecular weight is 283 g/mol. The molecular weight excluding hydrogens is 265 g/mol. The number of benzene rings is 1. The van der Waals surface area contributed by atoms with Gasteiger partial charge >= 0.3 is 5.97 Å². The molecule has 0 bridgehead atoms. The molecule has 110 valence electrons. The van der Waals surface area contributed by atoms with Crippen molar-refractivity contribution >= 4 is 11.9 Å². The molecule has 1 rings (SSSR count). The predicted molar refractivity (Wildman–Crippen MR) is 71.4 cm³/mol. The Balaban J connectivity index is 2.45. The van der Waals surface area contributed by atoms with Crippen LogP contribution in [0.4, 0.5) is 4.39 Å². The first kappa shape index (κ1) is 16.1. The Morgan fingerprint density at radius 3 is 2.70 bits per heavy atom. The van der Waals surface area contributed by atoms with Crippen molar-refractivity contribution in [3.05, 3.63) is 35.1 Å². The molecule has 1 aromatic carbocycles. The van der Waals surface area contributed by atoms with Gasteiger partial charge in [-0.1, -0.05) is 13.3 Å². The first-order valence-electron chi connectivity index (χ1n) is 6.45. The molecule has 1 amide bonds. The lowest BCUT2D eigenvalue weighted by atomic mass is 10.1. The van der Waals surface area contributed by atoms with Gasteiger partial charge in [0.05, 0.1) is 17.7 Å². The maximum atomic E-state index is 13.6. The second kappa shape index (κ2) is 8.27. The molecule has 0 radical (unpaired) electrons. The predicted octanol–water partition coefficient (Wildman–Crippen LogP) is 2.07. The summed E-state index contributed by atoms with van der Waals surface area (Å²) in [4.78, 5) is 22.3. The zero-order valence-corrected chi connectivity index (χ0v) is 11.3. The van der Waals surface area contributed by atoms with E-state index in [1.54, 1.807) is 0 Å². The smallest absolute Gasteiger partial charge is 0.335 e. The highest BCUT2D eigenvalue weighted by molar-refractivity contribution is 5.96. The van der Waals surface area contributed by atoms with Crippen LogP contribution >= 0.6 is 0 Å². The molecule has 20 heavy (non-hydrogen) atoms. The highest BCUT2D eigenvalue weighted by Crippen LogP contribution is 2.10. The molecule has 0 saturated heterocycles. The van der Waals surface area contributed by atoms with E-state index in [4.69, 9.17) is 9.84 Å². The molecule has 1 aromatic rings. The molecule has 2 N–H and O–H groups in total. The summed E-state index contributed by atoms with van der Waals surface area (Å²) in [6.07, 6.45) is 1.99. The molecule has 0 spiro atoms. The van der Waals surface area contributed by atoms with E-state index >= 15 is 0 Å². The van der Waals surface area contributed by atoms with Crippen LogP contribution in [0.15, 0.2) is 18.2 Å². The van der Waals surface area contributed by atoms with E-state index in [1.165, 1.54) is 6.07 Å². The third-order valence-corrected chi connectivity index (χ3v) is 2.63. The fourth-order valence-corrected chi connectivity index (χ4v) is 1.51. The summed E-state index contributed by atoms with van der Waals surface area (Å²) in [5.74, 6) is -2.67. The molecule has 0 aromatic heterocycles. The number of rotatable bonds is 8. The summed E-state index contributed by atoms with van der Waals surface area (Å²) in [5, 5.41) is 11.2. The molecule has 0 aliphatic carbocycles. The van der Waals surface area contributed by atoms with Gasteiger partial charge in [0.25, 0.3) is 5.91 Å². The molecule has 0 fully saturated rings. The standard InChI is InChI=1S/C14H18FNO4/c1-2-3-7-20-8-6-16-13(17)11-5-4-10(14(18)19)9-12(11)15/h4-5,9H,2-3,6-8H2,1H3,(H,16,17)(H,18,19). The lowest BCUT2D eigenvalue weighted by Gasteiger charge is -2.07. The summed E-state index contributed by atoms with van der Waals surface area (Å²) in [6.45, 7) is 3.33. The number of ether oxygens (including phenoxy) is 1. The highest BCUT2D eigenvalue weighted by Gasteiger charge is 2.13. The molecule has 0 heterocycles. The van der Waals surface area contributed by atoms with E-state index in [2.05, 4.69) is 12.2 Å². The lowest BCUT2D eigenvalue weighted by molar-refractivity contribution is 0.0695. The second-order valence-corrected chi connectivity index (χ2v) is 4.22. The van der Waals surface area contributed by atoms with Crippen LogP contribution in [0.5, 0.6) is 0 Å². The van der Waals surface area contributed by atoms with Gasteiger partial charge in [-0.2, -0.15) is 0 Å². The summed E-state index contributed by atoms with van der Waals surface area (Å²) in [6, 6.07) is 3.18. The van der Waals surface area contributed by atoms with Crippen LogP contribution in [0.1, 0.15) is 40.5 Å². The van der Waals surface area contributed by atoms with Crippen molar-refractivity contribution in [3.8, 4) is 0 Å². The average Bonchev–Trinajstić information content (AvgIpc) is 2.42. The number of carboxylic acids is 1. The summed E-state index contributed by atoms with van der Waals surface area (Å²) >= 11 is 0. The lowest BCUT2D eigenvalue weighted by Crippen LogP contribution is -2.28. The molecule has 0 atom stereocenters. The number of amides is 1. The SMILES string of the molecule is CCCCOCCNC(=O)c1ccc(C(=O)O)cc1F. The van der Waals surface area contributed by atoms with Crippen LogP contribution < -0.4 is 5.32 Å². The van der Waals surface area contributed by atoms with Crippen LogP contribution in [0.2, 0.25) is 0 Å². The van der Waals surface area contributed by atoms with Gasteiger partial charge in [-0.3, -0.25) is 4.79 Å². The van der Waals surface area contributed by atoms with Gasteiger partial charge in [0.15, 0.2) is 0 Å². The quantitative estimate of drug-likeness (QED) is 0.716. The van der Waals surface area contributed by atoms with Crippen molar-refractivity contribution in [1.29, 1.82) is 0 Å². The minimum Gasteiger partial charge on any atom is -0.478 e. The normalized spacial score (nSPS) is 10.3. The third kappa shape index (κ3) is 4.97. The van der Waals surface area contributed by atoms with Gasteiger partial charge in [0, 0.05) is 13.2 Å². The van der Waals surface area contributed by atoms with Crippen molar-refractivity contribution < 1.29 is 23.8 Å². The van der Waals surface area contributed by atoms with Gasteiger partial charge in [0.1, 0.15) is 5.82 Å². The largest absolute Gasteiger partial charge is 0.478 e. The molecule has 5 nitrogen and oxygen atoms in total. The van der Waals surface area contributed by atoms with Gasteiger partial charge in [-0.05, 0) is 24.6 Å². The number of hydrogen-bond donors (Lipinski definition) is 2.